The average molecular weight is 467 g/mol. The number of hydrogen-bond donors (Lipinski definition) is 0. The van der Waals surface area contributed by atoms with Crippen LogP contribution in [0.2, 0.25) is 0 Å². The summed E-state index contributed by atoms with van der Waals surface area (Å²) in [6.07, 6.45) is 0. The van der Waals surface area contributed by atoms with E-state index in [1.165, 1.54) is 43.8 Å². The van der Waals surface area contributed by atoms with Gasteiger partial charge in [-0.2, -0.15) is 0 Å². The summed E-state index contributed by atoms with van der Waals surface area (Å²) in [6.45, 7) is 0. The van der Waals surface area contributed by atoms with Crippen LogP contribution in [0.5, 0.6) is 0 Å². The molecule has 0 aliphatic carbocycles. The number of fused-ring (bicyclic) bond motifs is 2. The Morgan fingerprint density at radius 1 is 0.343 bits per heavy atom. The zero-order valence-corrected chi connectivity index (χ0v) is 20.5. The van der Waals surface area contributed by atoms with Gasteiger partial charge in [-0.15, -0.1) is 0 Å². The minimum absolute atomic E-state index is 0.298. The van der Waals surface area contributed by atoms with E-state index in [2.05, 4.69) is 146 Å². The molecule has 0 nitrogen and oxygen atoms in total. The van der Waals surface area contributed by atoms with Crippen molar-refractivity contribution in [2.75, 3.05) is 0 Å². The SMILES string of the molecule is c1ccc(C(PC(c2ccccc2)c2cccc3ccccc23)c2cccc3ccccc23)cc1. The second-order valence-electron chi connectivity index (χ2n) is 8.99. The van der Waals surface area contributed by atoms with E-state index >= 15 is 0 Å². The van der Waals surface area contributed by atoms with Crippen LogP contribution in [0.4, 0.5) is 0 Å². The lowest BCUT2D eigenvalue weighted by atomic mass is 9.97. The van der Waals surface area contributed by atoms with Crippen LogP contribution in [0, 0.1) is 0 Å². The molecule has 35 heavy (non-hydrogen) atoms. The fourth-order valence-corrected chi connectivity index (χ4v) is 7.16. The Morgan fingerprint density at radius 3 is 1.17 bits per heavy atom. The van der Waals surface area contributed by atoms with E-state index in [9.17, 15) is 0 Å². The monoisotopic (exact) mass is 466 g/mol. The molecule has 0 heterocycles. The highest BCUT2D eigenvalue weighted by Gasteiger charge is 2.25. The summed E-state index contributed by atoms with van der Waals surface area (Å²) in [5.74, 6) is 0. The zero-order valence-electron chi connectivity index (χ0n) is 19.5. The minimum Gasteiger partial charge on any atom is -0.0971 e. The van der Waals surface area contributed by atoms with Gasteiger partial charge in [-0.25, -0.2) is 0 Å². The summed E-state index contributed by atoms with van der Waals surface area (Å²) in [5, 5.41) is 5.30. The maximum absolute atomic E-state index is 2.33. The lowest BCUT2D eigenvalue weighted by Crippen LogP contribution is -2.03. The first-order chi connectivity index (χ1) is 17.4. The van der Waals surface area contributed by atoms with Gasteiger partial charge in [-0.3, -0.25) is 0 Å². The van der Waals surface area contributed by atoms with Crippen molar-refractivity contribution in [2.24, 2.45) is 0 Å². The molecule has 0 aliphatic rings. The van der Waals surface area contributed by atoms with Crippen LogP contribution in [0.1, 0.15) is 33.6 Å². The quantitative estimate of drug-likeness (QED) is 0.214. The lowest BCUT2D eigenvalue weighted by Gasteiger charge is -2.27. The molecule has 2 atom stereocenters. The summed E-state index contributed by atoms with van der Waals surface area (Å²) in [7, 11) is 0.651. The van der Waals surface area contributed by atoms with E-state index in [1.54, 1.807) is 0 Å². The van der Waals surface area contributed by atoms with Gasteiger partial charge in [0.05, 0.1) is 0 Å². The van der Waals surface area contributed by atoms with Crippen molar-refractivity contribution in [1.29, 1.82) is 0 Å². The summed E-state index contributed by atoms with van der Waals surface area (Å²) < 4.78 is 0. The maximum Gasteiger partial charge on any atom is 0.0277 e. The maximum atomic E-state index is 2.33. The number of rotatable bonds is 6. The highest BCUT2D eigenvalue weighted by Crippen LogP contribution is 2.54. The first kappa shape index (κ1) is 21.8. The van der Waals surface area contributed by atoms with Crippen LogP contribution in [-0.2, 0) is 0 Å². The largest absolute Gasteiger partial charge is 0.0971 e. The summed E-state index contributed by atoms with van der Waals surface area (Å²) >= 11 is 0. The van der Waals surface area contributed by atoms with Gasteiger partial charge >= 0.3 is 0 Å². The molecule has 0 saturated carbocycles. The van der Waals surface area contributed by atoms with Gasteiger partial charge in [0.15, 0.2) is 0 Å². The molecule has 0 amide bonds. The normalized spacial score (nSPS) is 13.4. The van der Waals surface area contributed by atoms with Crippen molar-refractivity contribution in [3.8, 4) is 0 Å². The van der Waals surface area contributed by atoms with E-state index in [-0.39, 0.29) is 0 Å². The Kier molecular flexibility index (Phi) is 6.14. The van der Waals surface area contributed by atoms with E-state index < -0.39 is 0 Å². The molecule has 0 fully saturated rings. The van der Waals surface area contributed by atoms with Gasteiger partial charge in [0, 0.05) is 11.3 Å². The van der Waals surface area contributed by atoms with Gasteiger partial charge in [0.2, 0.25) is 0 Å². The van der Waals surface area contributed by atoms with Crippen molar-refractivity contribution in [3.63, 3.8) is 0 Å². The van der Waals surface area contributed by atoms with Crippen molar-refractivity contribution < 1.29 is 0 Å². The van der Waals surface area contributed by atoms with Gasteiger partial charge < -0.3 is 0 Å². The smallest absolute Gasteiger partial charge is 0.0277 e. The highest BCUT2D eigenvalue weighted by molar-refractivity contribution is 7.39. The molecule has 168 valence electrons. The molecule has 2 unspecified atom stereocenters. The van der Waals surface area contributed by atoms with Crippen LogP contribution < -0.4 is 0 Å². The summed E-state index contributed by atoms with van der Waals surface area (Å²) in [4.78, 5) is 0. The molecule has 1 heteroatoms. The Hall–Kier alpha value is -3.73. The van der Waals surface area contributed by atoms with E-state index in [1.807, 2.05) is 0 Å². The molecule has 0 radical (unpaired) electrons. The molecule has 0 aromatic heterocycles. The van der Waals surface area contributed by atoms with Crippen molar-refractivity contribution >= 4 is 30.1 Å². The van der Waals surface area contributed by atoms with Crippen LogP contribution >= 0.6 is 8.58 Å². The predicted molar refractivity (Wildman–Crippen MR) is 153 cm³/mol. The minimum atomic E-state index is 0.298. The molecule has 0 bridgehead atoms. The van der Waals surface area contributed by atoms with Gasteiger partial charge in [0.1, 0.15) is 0 Å². The molecule has 0 aliphatic heterocycles. The van der Waals surface area contributed by atoms with Gasteiger partial charge in [0.25, 0.3) is 0 Å². The Bertz CT molecular complexity index is 1440. The van der Waals surface area contributed by atoms with Crippen molar-refractivity contribution in [1.82, 2.24) is 0 Å². The van der Waals surface area contributed by atoms with Crippen molar-refractivity contribution in [2.45, 2.75) is 11.3 Å². The van der Waals surface area contributed by atoms with Crippen molar-refractivity contribution in [3.05, 3.63) is 168 Å². The molecule has 0 saturated heterocycles. The topological polar surface area (TPSA) is 0 Å². The van der Waals surface area contributed by atoms with E-state index in [4.69, 9.17) is 0 Å². The molecular formula is C34H27P. The Balaban J connectivity index is 1.56. The average Bonchev–Trinajstić information content (AvgIpc) is 2.94. The van der Waals surface area contributed by atoms with E-state index in [0.717, 1.165) is 0 Å². The standard InChI is InChI=1S/C34H27P/c1-3-15-27(16-4-1)33(31-23-11-19-25-13-7-9-21-29(25)31)35-34(28-17-5-2-6-18-28)32-24-12-20-26-14-8-10-22-30(26)32/h1-24,33-35H. The fourth-order valence-electron chi connectivity index (χ4n) is 5.19. The Morgan fingerprint density at radius 2 is 0.714 bits per heavy atom. The fraction of sp³-hybridized carbons (Fsp3) is 0.0588. The van der Waals surface area contributed by atoms with E-state index in [0.29, 0.717) is 19.9 Å². The third kappa shape index (κ3) is 4.39. The second-order valence-corrected chi connectivity index (χ2v) is 10.5. The first-order valence-electron chi connectivity index (χ1n) is 12.2. The number of benzene rings is 6. The summed E-state index contributed by atoms with van der Waals surface area (Å²) in [6, 6.07) is 53.3. The summed E-state index contributed by atoms with van der Waals surface area (Å²) in [5.41, 5.74) is 6.17. The van der Waals surface area contributed by atoms with Crippen LogP contribution in [0.15, 0.2) is 146 Å². The predicted octanol–water partition coefficient (Wildman–Crippen LogP) is 9.55. The molecule has 0 spiro atoms. The van der Waals surface area contributed by atoms with Crippen LogP contribution in [-0.4, -0.2) is 0 Å². The molecule has 0 N–H and O–H groups in total. The van der Waals surface area contributed by atoms with Crippen LogP contribution in [0.25, 0.3) is 21.5 Å². The molecule has 6 aromatic rings. The first-order valence-corrected chi connectivity index (χ1v) is 13.4. The van der Waals surface area contributed by atoms with Crippen LogP contribution in [0.3, 0.4) is 0 Å². The zero-order chi connectivity index (χ0) is 23.5. The van der Waals surface area contributed by atoms with Gasteiger partial charge in [-0.05, 0) is 43.8 Å². The van der Waals surface area contributed by atoms with Gasteiger partial charge in [-0.1, -0.05) is 154 Å². The molecule has 6 aromatic carbocycles. The third-order valence-corrected chi connectivity index (χ3v) is 8.82. The number of hydrogen-bond acceptors (Lipinski definition) is 0. The second kappa shape index (κ2) is 9.87. The highest BCUT2D eigenvalue weighted by atomic mass is 31.1. The Labute approximate surface area is 209 Å². The third-order valence-electron chi connectivity index (χ3n) is 6.87. The lowest BCUT2D eigenvalue weighted by molar-refractivity contribution is 1.10. The molecular weight excluding hydrogens is 439 g/mol. The molecule has 6 rings (SSSR count).